The molecule has 3 rings (SSSR count). The maximum atomic E-state index is 11.5. The summed E-state index contributed by atoms with van der Waals surface area (Å²) in [5.41, 5.74) is 2.98. The number of hydrogen-bond donors (Lipinski definition) is 0. The second-order valence-electron chi connectivity index (χ2n) is 5.97. The molecule has 5 heteroatoms. The van der Waals surface area contributed by atoms with Gasteiger partial charge in [0.1, 0.15) is 0 Å². The second kappa shape index (κ2) is 7.58. The number of anilines is 1. The van der Waals surface area contributed by atoms with Crippen molar-refractivity contribution in [2.24, 2.45) is 0 Å². The molecule has 0 aromatic heterocycles. The van der Waals surface area contributed by atoms with E-state index in [0.29, 0.717) is 11.5 Å². The van der Waals surface area contributed by atoms with Gasteiger partial charge in [0.2, 0.25) is 0 Å². The van der Waals surface area contributed by atoms with Crippen LogP contribution in [-0.2, 0) is 4.74 Å². The third-order valence-corrected chi connectivity index (χ3v) is 5.34. The van der Waals surface area contributed by atoms with Crippen molar-refractivity contribution in [1.82, 2.24) is 0 Å². The fourth-order valence-electron chi connectivity index (χ4n) is 3.20. The Morgan fingerprint density at radius 2 is 1.83 bits per heavy atom. The molecule has 1 saturated heterocycles. The molecule has 0 N–H and O–H groups in total. The topological polar surface area (TPSA) is 29.5 Å². The summed E-state index contributed by atoms with van der Waals surface area (Å²) in [7, 11) is 1.40. The highest BCUT2D eigenvalue weighted by molar-refractivity contribution is 9.10. The largest absolute Gasteiger partial charge is 0.465 e. The van der Waals surface area contributed by atoms with Crippen LogP contribution in [0.25, 0.3) is 0 Å². The van der Waals surface area contributed by atoms with Gasteiger partial charge < -0.3 is 9.64 Å². The van der Waals surface area contributed by atoms with E-state index >= 15 is 0 Å². The Balaban J connectivity index is 1.65. The van der Waals surface area contributed by atoms with Crippen molar-refractivity contribution in [2.45, 2.75) is 18.8 Å². The van der Waals surface area contributed by atoms with Crippen LogP contribution in [0.5, 0.6) is 0 Å². The van der Waals surface area contributed by atoms with E-state index in [2.05, 4.69) is 26.9 Å². The van der Waals surface area contributed by atoms with Crippen molar-refractivity contribution in [3.63, 3.8) is 0 Å². The van der Waals surface area contributed by atoms with E-state index in [1.165, 1.54) is 12.7 Å². The first-order valence-electron chi connectivity index (χ1n) is 7.97. The van der Waals surface area contributed by atoms with Crippen molar-refractivity contribution in [1.29, 1.82) is 0 Å². The maximum absolute atomic E-state index is 11.5. The Labute approximate surface area is 155 Å². The number of benzene rings is 2. The third-order valence-electron chi connectivity index (χ3n) is 4.55. The third kappa shape index (κ3) is 3.76. The zero-order valence-electron chi connectivity index (χ0n) is 13.5. The normalized spacial score (nSPS) is 15.4. The van der Waals surface area contributed by atoms with Crippen LogP contribution in [0.2, 0.25) is 5.02 Å². The van der Waals surface area contributed by atoms with Crippen LogP contribution in [0.1, 0.15) is 34.7 Å². The van der Waals surface area contributed by atoms with Gasteiger partial charge in [0.15, 0.2) is 0 Å². The summed E-state index contributed by atoms with van der Waals surface area (Å²) in [4.78, 5) is 13.9. The fraction of sp³-hybridized carbons (Fsp3) is 0.316. The van der Waals surface area contributed by atoms with Crippen molar-refractivity contribution < 1.29 is 9.53 Å². The van der Waals surface area contributed by atoms with Crippen LogP contribution in [0.15, 0.2) is 46.9 Å². The van der Waals surface area contributed by atoms with Crippen LogP contribution >= 0.6 is 27.5 Å². The van der Waals surface area contributed by atoms with E-state index in [1.807, 2.05) is 36.4 Å². The number of ether oxygens (including phenoxy) is 1. The standard InChI is InChI=1S/C19H19BrClNO2/c1-24-19(23)15-4-2-13(3-5-15)14-8-10-22(11-9-14)18-7-6-16(20)12-17(18)21/h2-7,12,14H,8-11H2,1H3. The Bertz CT molecular complexity index is 725. The lowest BCUT2D eigenvalue weighted by Gasteiger charge is -2.34. The number of piperidine rings is 1. The Kier molecular flexibility index (Phi) is 5.47. The van der Waals surface area contributed by atoms with Crippen LogP contribution in [-0.4, -0.2) is 26.2 Å². The molecule has 0 saturated carbocycles. The van der Waals surface area contributed by atoms with Crippen LogP contribution < -0.4 is 4.90 Å². The predicted molar refractivity (Wildman–Crippen MR) is 101 cm³/mol. The Morgan fingerprint density at radius 3 is 2.42 bits per heavy atom. The summed E-state index contributed by atoms with van der Waals surface area (Å²) in [6.45, 7) is 1.95. The molecule has 0 aliphatic carbocycles. The first-order valence-corrected chi connectivity index (χ1v) is 9.14. The minimum absolute atomic E-state index is 0.291. The van der Waals surface area contributed by atoms with Gasteiger partial charge in [-0.05, 0) is 54.7 Å². The molecule has 24 heavy (non-hydrogen) atoms. The van der Waals surface area contributed by atoms with Crippen molar-refractivity contribution in [3.05, 3.63) is 63.1 Å². The maximum Gasteiger partial charge on any atom is 0.337 e. The first-order chi connectivity index (χ1) is 11.6. The van der Waals surface area contributed by atoms with Gasteiger partial charge in [-0.1, -0.05) is 39.7 Å². The molecule has 0 radical (unpaired) electrons. The van der Waals surface area contributed by atoms with Gasteiger partial charge in [0.25, 0.3) is 0 Å². The van der Waals surface area contributed by atoms with Crippen molar-refractivity contribution in [3.8, 4) is 0 Å². The number of esters is 1. The number of halogens is 2. The number of rotatable bonds is 3. The molecule has 1 aliphatic heterocycles. The fourth-order valence-corrected chi connectivity index (χ4v) is 3.99. The number of carbonyl (C=O) groups is 1. The van der Waals surface area contributed by atoms with E-state index in [0.717, 1.165) is 41.1 Å². The van der Waals surface area contributed by atoms with Crippen molar-refractivity contribution >= 4 is 39.2 Å². The Hall–Kier alpha value is -1.52. The summed E-state index contributed by atoms with van der Waals surface area (Å²) < 4.78 is 5.74. The zero-order chi connectivity index (χ0) is 17.1. The molecule has 2 aromatic carbocycles. The molecular formula is C19H19BrClNO2. The lowest BCUT2D eigenvalue weighted by Crippen LogP contribution is -2.33. The van der Waals surface area contributed by atoms with Gasteiger partial charge in [0, 0.05) is 17.6 Å². The van der Waals surface area contributed by atoms with Crippen LogP contribution in [0, 0.1) is 0 Å². The average Bonchev–Trinajstić information content (AvgIpc) is 2.61. The van der Waals surface area contributed by atoms with Gasteiger partial charge >= 0.3 is 5.97 Å². The summed E-state index contributed by atoms with van der Waals surface area (Å²) >= 11 is 9.81. The lowest BCUT2D eigenvalue weighted by molar-refractivity contribution is 0.0600. The molecule has 0 unspecified atom stereocenters. The number of carbonyl (C=O) groups excluding carboxylic acids is 1. The molecule has 1 fully saturated rings. The predicted octanol–water partition coefficient (Wildman–Crippen LogP) is 5.27. The highest BCUT2D eigenvalue weighted by atomic mass is 79.9. The molecule has 0 bridgehead atoms. The summed E-state index contributed by atoms with van der Waals surface area (Å²) in [5.74, 6) is 0.225. The quantitative estimate of drug-likeness (QED) is 0.648. The van der Waals surface area contributed by atoms with E-state index < -0.39 is 0 Å². The first kappa shape index (κ1) is 17.3. The van der Waals surface area contributed by atoms with Crippen LogP contribution in [0.4, 0.5) is 5.69 Å². The van der Waals surface area contributed by atoms with Gasteiger partial charge in [-0.25, -0.2) is 4.79 Å². The van der Waals surface area contributed by atoms with E-state index in [9.17, 15) is 4.79 Å². The van der Waals surface area contributed by atoms with Crippen molar-refractivity contribution in [2.75, 3.05) is 25.1 Å². The highest BCUT2D eigenvalue weighted by Crippen LogP contribution is 2.34. The van der Waals surface area contributed by atoms with Gasteiger partial charge in [-0.2, -0.15) is 0 Å². The number of methoxy groups -OCH3 is 1. The van der Waals surface area contributed by atoms with Gasteiger partial charge in [-0.3, -0.25) is 0 Å². The Morgan fingerprint density at radius 1 is 1.17 bits per heavy atom. The van der Waals surface area contributed by atoms with Gasteiger partial charge in [-0.15, -0.1) is 0 Å². The summed E-state index contributed by atoms with van der Waals surface area (Å²) in [6, 6.07) is 13.8. The molecule has 1 aliphatic rings. The molecule has 3 nitrogen and oxygen atoms in total. The van der Waals surface area contributed by atoms with E-state index in [4.69, 9.17) is 16.3 Å². The number of hydrogen-bond acceptors (Lipinski definition) is 3. The van der Waals surface area contributed by atoms with Crippen LogP contribution in [0.3, 0.4) is 0 Å². The zero-order valence-corrected chi connectivity index (χ0v) is 15.8. The smallest absolute Gasteiger partial charge is 0.337 e. The van der Waals surface area contributed by atoms with E-state index in [1.54, 1.807) is 0 Å². The van der Waals surface area contributed by atoms with E-state index in [-0.39, 0.29) is 5.97 Å². The minimum atomic E-state index is -0.291. The number of nitrogens with zero attached hydrogens (tertiary/aromatic N) is 1. The highest BCUT2D eigenvalue weighted by Gasteiger charge is 2.22. The lowest BCUT2D eigenvalue weighted by atomic mass is 9.89. The summed E-state index contributed by atoms with van der Waals surface area (Å²) in [6.07, 6.45) is 2.15. The molecule has 2 aromatic rings. The molecule has 0 spiro atoms. The monoisotopic (exact) mass is 407 g/mol. The molecular weight excluding hydrogens is 390 g/mol. The second-order valence-corrected chi connectivity index (χ2v) is 7.29. The minimum Gasteiger partial charge on any atom is -0.465 e. The molecule has 0 atom stereocenters. The average molecular weight is 409 g/mol. The molecule has 1 heterocycles. The molecule has 126 valence electrons. The molecule has 0 amide bonds. The van der Waals surface area contributed by atoms with Gasteiger partial charge in [0.05, 0.1) is 23.4 Å². The SMILES string of the molecule is COC(=O)c1ccc(C2CCN(c3ccc(Br)cc3Cl)CC2)cc1. The summed E-state index contributed by atoms with van der Waals surface area (Å²) in [5, 5.41) is 0.783.